The summed E-state index contributed by atoms with van der Waals surface area (Å²) in [5.41, 5.74) is 8.13. The Kier molecular flexibility index (Phi) is 4.48. The third kappa shape index (κ3) is 3.29. The van der Waals surface area contributed by atoms with Crippen molar-refractivity contribution >= 4 is 17.3 Å². The van der Waals surface area contributed by atoms with Gasteiger partial charge in [0.1, 0.15) is 5.75 Å². The Hall–Kier alpha value is -2.53. The Labute approximate surface area is 135 Å². The van der Waals surface area contributed by atoms with E-state index in [1.165, 1.54) is 0 Å². The molecule has 0 fully saturated rings. The number of amides is 1. The van der Waals surface area contributed by atoms with Gasteiger partial charge in [-0.15, -0.1) is 0 Å². The molecule has 0 radical (unpaired) electrons. The molecule has 23 heavy (non-hydrogen) atoms. The molecule has 1 unspecified atom stereocenters. The molecule has 2 aromatic carbocycles. The summed E-state index contributed by atoms with van der Waals surface area (Å²) in [5, 5.41) is 9.09. The fraction of sp³-hybridized carbons (Fsp3) is 0.278. The zero-order valence-electron chi connectivity index (χ0n) is 12.8. The molecule has 0 aromatic heterocycles. The van der Waals surface area contributed by atoms with Crippen LogP contribution in [-0.2, 0) is 11.2 Å². The van der Waals surface area contributed by atoms with Crippen molar-refractivity contribution in [3.8, 4) is 5.75 Å². The number of carbonyl (C=O) groups is 1. The van der Waals surface area contributed by atoms with Crippen molar-refractivity contribution in [3.63, 3.8) is 0 Å². The van der Waals surface area contributed by atoms with Gasteiger partial charge in [-0.25, -0.2) is 0 Å². The monoisotopic (exact) mass is 312 g/mol. The average molecular weight is 312 g/mol. The average Bonchev–Trinajstić information content (AvgIpc) is 2.56. The quantitative estimate of drug-likeness (QED) is 0.828. The molecule has 1 aliphatic heterocycles. The lowest BCUT2D eigenvalue weighted by Crippen LogP contribution is -2.47. The Morgan fingerprint density at radius 2 is 1.96 bits per heavy atom. The summed E-state index contributed by atoms with van der Waals surface area (Å²) in [7, 11) is 0. The van der Waals surface area contributed by atoms with Crippen LogP contribution in [0.4, 0.5) is 11.4 Å². The third-order valence-corrected chi connectivity index (χ3v) is 3.89. The van der Waals surface area contributed by atoms with Crippen molar-refractivity contribution in [1.82, 2.24) is 0 Å². The van der Waals surface area contributed by atoms with E-state index in [9.17, 15) is 4.79 Å². The van der Waals surface area contributed by atoms with Crippen LogP contribution in [0.1, 0.15) is 12.0 Å². The number of carbonyl (C=O) groups excluding carboxylic acids is 1. The van der Waals surface area contributed by atoms with E-state index in [4.69, 9.17) is 15.6 Å². The minimum Gasteiger partial charge on any atom is -0.478 e. The maximum absolute atomic E-state index is 12.8. The molecule has 2 aromatic rings. The first-order chi connectivity index (χ1) is 11.2. The molecule has 1 heterocycles. The Balaban J connectivity index is 1.89. The number of benzene rings is 2. The lowest BCUT2D eigenvalue weighted by molar-refractivity contribution is -0.126. The summed E-state index contributed by atoms with van der Waals surface area (Å²) in [6.07, 6.45) is 0.462. The number of hydrogen-bond acceptors (Lipinski definition) is 4. The van der Waals surface area contributed by atoms with E-state index < -0.39 is 6.10 Å². The van der Waals surface area contributed by atoms with Gasteiger partial charge in [-0.05, 0) is 30.2 Å². The second kappa shape index (κ2) is 6.71. The first-order valence-corrected chi connectivity index (χ1v) is 7.71. The SMILES string of the molecule is Nc1ccc2c(c1)N(CCCO)C(=O)C(Cc1ccccc1)O2. The Morgan fingerprint density at radius 3 is 2.70 bits per heavy atom. The summed E-state index contributed by atoms with van der Waals surface area (Å²) in [6, 6.07) is 15.1. The molecular formula is C18H20N2O3. The van der Waals surface area contributed by atoms with E-state index in [0.29, 0.717) is 36.5 Å². The van der Waals surface area contributed by atoms with Gasteiger partial charge in [0.25, 0.3) is 5.91 Å². The minimum absolute atomic E-state index is 0.0334. The fourth-order valence-corrected chi connectivity index (χ4v) is 2.76. The second-order valence-corrected chi connectivity index (χ2v) is 5.59. The molecule has 0 bridgehead atoms. The zero-order valence-corrected chi connectivity index (χ0v) is 12.8. The van der Waals surface area contributed by atoms with Crippen LogP contribution in [0.3, 0.4) is 0 Å². The smallest absolute Gasteiger partial charge is 0.268 e. The summed E-state index contributed by atoms with van der Waals surface area (Å²) in [4.78, 5) is 14.5. The van der Waals surface area contributed by atoms with E-state index in [1.807, 2.05) is 30.3 Å². The van der Waals surface area contributed by atoms with Gasteiger partial charge in [-0.3, -0.25) is 4.79 Å². The van der Waals surface area contributed by atoms with Gasteiger partial charge in [0.15, 0.2) is 6.10 Å². The topological polar surface area (TPSA) is 75.8 Å². The van der Waals surface area contributed by atoms with Crippen molar-refractivity contribution in [2.45, 2.75) is 18.9 Å². The number of ether oxygens (including phenoxy) is 1. The number of aliphatic hydroxyl groups is 1. The van der Waals surface area contributed by atoms with Crippen LogP contribution in [0.25, 0.3) is 0 Å². The predicted molar refractivity (Wildman–Crippen MR) is 89.5 cm³/mol. The van der Waals surface area contributed by atoms with Crippen LogP contribution in [0, 0.1) is 0 Å². The lowest BCUT2D eigenvalue weighted by atomic mass is 10.0. The number of anilines is 2. The van der Waals surface area contributed by atoms with Gasteiger partial charge < -0.3 is 20.5 Å². The molecule has 0 spiro atoms. The van der Waals surface area contributed by atoms with Gasteiger partial charge in [0.05, 0.1) is 5.69 Å². The number of rotatable bonds is 5. The van der Waals surface area contributed by atoms with Crippen LogP contribution in [0.2, 0.25) is 0 Å². The molecule has 0 saturated carbocycles. The van der Waals surface area contributed by atoms with E-state index in [2.05, 4.69) is 0 Å². The Morgan fingerprint density at radius 1 is 1.17 bits per heavy atom. The number of nitrogen functional groups attached to an aromatic ring is 1. The van der Waals surface area contributed by atoms with Crippen LogP contribution in [0.15, 0.2) is 48.5 Å². The Bertz CT molecular complexity index is 688. The molecule has 1 atom stereocenters. The second-order valence-electron chi connectivity index (χ2n) is 5.59. The highest BCUT2D eigenvalue weighted by molar-refractivity contribution is 6.00. The molecule has 3 N–H and O–H groups in total. The molecule has 3 rings (SSSR count). The van der Waals surface area contributed by atoms with Crippen LogP contribution in [-0.4, -0.2) is 30.3 Å². The van der Waals surface area contributed by atoms with E-state index >= 15 is 0 Å². The lowest BCUT2D eigenvalue weighted by Gasteiger charge is -2.34. The van der Waals surface area contributed by atoms with E-state index in [0.717, 1.165) is 5.56 Å². The first-order valence-electron chi connectivity index (χ1n) is 7.71. The molecule has 1 amide bonds. The molecule has 0 saturated heterocycles. The molecule has 0 aliphatic carbocycles. The molecule has 120 valence electrons. The highest BCUT2D eigenvalue weighted by Crippen LogP contribution is 2.36. The van der Waals surface area contributed by atoms with Crippen molar-refractivity contribution in [2.75, 3.05) is 23.8 Å². The van der Waals surface area contributed by atoms with Gasteiger partial charge in [-0.2, -0.15) is 0 Å². The van der Waals surface area contributed by atoms with Crippen molar-refractivity contribution in [1.29, 1.82) is 0 Å². The zero-order chi connectivity index (χ0) is 16.2. The molecule has 5 heteroatoms. The standard InChI is InChI=1S/C18H20N2O3/c19-14-7-8-16-15(12-14)20(9-4-10-21)18(22)17(23-16)11-13-5-2-1-3-6-13/h1-3,5-8,12,17,21H,4,9-11,19H2. The number of aliphatic hydroxyl groups excluding tert-OH is 1. The summed E-state index contributed by atoms with van der Waals surface area (Å²) in [6.45, 7) is 0.478. The fourth-order valence-electron chi connectivity index (χ4n) is 2.76. The third-order valence-electron chi connectivity index (χ3n) is 3.89. The largest absolute Gasteiger partial charge is 0.478 e. The van der Waals surface area contributed by atoms with Crippen LogP contribution >= 0.6 is 0 Å². The maximum Gasteiger partial charge on any atom is 0.268 e. The summed E-state index contributed by atoms with van der Waals surface area (Å²) >= 11 is 0. The predicted octanol–water partition coefficient (Wildman–Crippen LogP) is 1.99. The maximum atomic E-state index is 12.8. The molecular weight excluding hydrogens is 292 g/mol. The number of nitrogens with zero attached hydrogens (tertiary/aromatic N) is 1. The van der Waals surface area contributed by atoms with Crippen molar-refractivity contribution in [3.05, 3.63) is 54.1 Å². The first kappa shape index (κ1) is 15.4. The summed E-state index contributed by atoms with van der Waals surface area (Å²) in [5.74, 6) is 0.554. The van der Waals surface area contributed by atoms with Gasteiger partial charge in [0.2, 0.25) is 0 Å². The highest BCUT2D eigenvalue weighted by Gasteiger charge is 2.34. The number of hydrogen-bond donors (Lipinski definition) is 2. The van der Waals surface area contributed by atoms with Gasteiger partial charge in [0, 0.05) is 25.3 Å². The van der Waals surface area contributed by atoms with E-state index in [-0.39, 0.29) is 12.5 Å². The number of nitrogens with two attached hydrogens (primary N) is 1. The van der Waals surface area contributed by atoms with Gasteiger partial charge >= 0.3 is 0 Å². The summed E-state index contributed by atoms with van der Waals surface area (Å²) < 4.78 is 5.90. The highest BCUT2D eigenvalue weighted by atomic mass is 16.5. The number of fused-ring (bicyclic) bond motifs is 1. The minimum atomic E-state index is -0.563. The molecule has 5 nitrogen and oxygen atoms in total. The van der Waals surface area contributed by atoms with Crippen LogP contribution < -0.4 is 15.4 Å². The van der Waals surface area contributed by atoms with Crippen molar-refractivity contribution in [2.24, 2.45) is 0 Å². The molecule has 1 aliphatic rings. The van der Waals surface area contributed by atoms with Crippen molar-refractivity contribution < 1.29 is 14.6 Å². The van der Waals surface area contributed by atoms with E-state index in [1.54, 1.807) is 23.1 Å². The van der Waals surface area contributed by atoms with Crippen LogP contribution in [0.5, 0.6) is 5.75 Å². The normalized spacial score (nSPS) is 16.8. The van der Waals surface area contributed by atoms with Gasteiger partial charge in [-0.1, -0.05) is 30.3 Å².